The van der Waals surface area contributed by atoms with Gasteiger partial charge in [-0.2, -0.15) is 4.37 Å². The van der Waals surface area contributed by atoms with Gasteiger partial charge in [-0.25, -0.2) is 0 Å². The highest BCUT2D eigenvalue weighted by molar-refractivity contribution is 9.10. The monoisotopic (exact) mass is 243 g/mol. The third-order valence-electron chi connectivity index (χ3n) is 1.62. The molecule has 0 saturated carbocycles. The second-order valence-corrected chi connectivity index (χ2v) is 4.01. The van der Waals surface area contributed by atoms with Crippen molar-refractivity contribution >= 4 is 37.5 Å². The molecule has 0 atom stereocenters. The normalized spacial score (nSPS) is 10.5. The summed E-state index contributed by atoms with van der Waals surface area (Å²) in [7, 11) is 1.66. The largest absolute Gasteiger partial charge is 0.497 e. The molecule has 0 saturated heterocycles. The second kappa shape index (κ2) is 3.03. The van der Waals surface area contributed by atoms with Crippen LogP contribution in [0.15, 0.2) is 22.8 Å². The minimum atomic E-state index is 0.856. The van der Waals surface area contributed by atoms with Gasteiger partial charge in [0.25, 0.3) is 0 Å². The van der Waals surface area contributed by atoms with E-state index in [0.717, 1.165) is 20.3 Å². The standard InChI is InChI=1S/C8H6BrNOS/c1-11-6-2-5-4-10-12-8(5)7(9)3-6/h2-4H,1H3. The van der Waals surface area contributed by atoms with Crippen LogP contribution in [0.5, 0.6) is 5.75 Å². The Balaban J connectivity index is 2.75. The van der Waals surface area contributed by atoms with E-state index in [1.165, 1.54) is 11.5 Å². The molecule has 0 amide bonds. The molecule has 0 radical (unpaired) electrons. The molecule has 0 unspecified atom stereocenters. The van der Waals surface area contributed by atoms with E-state index in [9.17, 15) is 0 Å². The Morgan fingerprint density at radius 1 is 1.50 bits per heavy atom. The number of ether oxygens (including phenoxy) is 1. The lowest BCUT2D eigenvalue weighted by Gasteiger charge is -1.99. The van der Waals surface area contributed by atoms with Crippen LogP contribution in [0.2, 0.25) is 0 Å². The summed E-state index contributed by atoms with van der Waals surface area (Å²) in [5, 5.41) is 1.12. The summed E-state index contributed by atoms with van der Waals surface area (Å²) >= 11 is 4.94. The molecule has 1 aromatic carbocycles. The fourth-order valence-corrected chi connectivity index (χ4v) is 2.34. The minimum absolute atomic E-state index is 0.856. The van der Waals surface area contributed by atoms with Crippen LogP contribution in [0.4, 0.5) is 0 Å². The van der Waals surface area contributed by atoms with Gasteiger partial charge in [-0.05, 0) is 39.6 Å². The van der Waals surface area contributed by atoms with Crippen molar-refractivity contribution in [2.75, 3.05) is 7.11 Å². The highest BCUT2D eigenvalue weighted by Crippen LogP contribution is 2.31. The summed E-state index contributed by atoms with van der Waals surface area (Å²) in [6.07, 6.45) is 1.84. The number of aromatic nitrogens is 1. The van der Waals surface area contributed by atoms with Crippen LogP contribution in [0.25, 0.3) is 10.1 Å². The zero-order valence-corrected chi connectivity index (χ0v) is 8.78. The average molecular weight is 244 g/mol. The number of hydrogen-bond acceptors (Lipinski definition) is 3. The Hall–Kier alpha value is -0.610. The highest BCUT2D eigenvalue weighted by atomic mass is 79.9. The number of methoxy groups -OCH3 is 1. The maximum Gasteiger partial charge on any atom is 0.120 e. The molecule has 0 bridgehead atoms. The van der Waals surface area contributed by atoms with E-state index in [0.29, 0.717) is 0 Å². The van der Waals surface area contributed by atoms with Crippen LogP contribution in [-0.2, 0) is 0 Å². The molecule has 2 rings (SSSR count). The number of hydrogen-bond donors (Lipinski definition) is 0. The molecule has 62 valence electrons. The molecule has 2 nitrogen and oxygen atoms in total. The van der Waals surface area contributed by atoms with E-state index in [1.54, 1.807) is 7.11 Å². The summed E-state index contributed by atoms with van der Waals surface area (Å²) in [5.74, 6) is 0.856. The fourth-order valence-electron chi connectivity index (χ4n) is 1.03. The van der Waals surface area contributed by atoms with Crippen molar-refractivity contribution in [2.45, 2.75) is 0 Å². The maximum atomic E-state index is 5.12. The molecule has 0 spiro atoms. The van der Waals surface area contributed by atoms with Crippen molar-refractivity contribution < 1.29 is 4.74 Å². The summed E-state index contributed by atoms with van der Waals surface area (Å²) in [6.45, 7) is 0. The van der Waals surface area contributed by atoms with Crippen LogP contribution < -0.4 is 4.74 Å². The van der Waals surface area contributed by atoms with Crippen LogP contribution in [0.1, 0.15) is 0 Å². The Morgan fingerprint density at radius 2 is 2.33 bits per heavy atom. The van der Waals surface area contributed by atoms with Gasteiger partial charge in [-0.1, -0.05) is 0 Å². The van der Waals surface area contributed by atoms with Gasteiger partial charge < -0.3 is 4.74 Å². The molecule has 0 aliphatic carbocycles. The predicted octanol–water partition coefficient (Wildman–Crippen LogP) is 3.07. The van der Waals surface area contributed by atoms with Gasteiger partial charge in [0.1, 0.15) is 5.75 Å². The van der Waals surface area contributed by atoms with Crippen molar-refractivity contribution in [3.05, 3.63) is 22.8 Å². The fraction of sp³-hybridized carbons (Fsp3) is 0.125. The first kappa shape index (κ1) is 8.01. The van der Waals surface area contributed by atoms with Crippen LogP contribution in [0.3, 0.4) is 0 Å². The summed E-state index contributed by atoms with van der Waals surface area (Å²) < 4.78 is 11.4. The average Bonchev–Trinajstić information content (AvgIpc) is 2.52. The predicted molar refractivity (Wildman–Crippen MR) is 53.9 cm³/mol. The van der Waals surface area contributed by atoms with E-state index in [2.05, 4.69) is 20.3 Å². The molecule has 0 aliphatic rings. The lowest BCUT2D eigenvalue weighted by atomic mass is 10.3. The van der Waals surface area contributed by atoms with E-state index in [4.69, 9.17) is 4.74 Å². The van der Waals surface area contributed by atoms with Crippen molar-refractivity contribution in [3.63, 3.8) is 0 Å². The molecular formula is C8H6BrNOS. The maximum absolute atomic E-state index is 5.12. The zero-order chi connectivity index (χ0) is 8.55. The van der Waals surface area contributed by atoms with Gasteiger partial charge in [0.05, 0.1) is 11.8 Å². The van der Waals surface area contributed by atoms with E-state index < -0.39 is 0 Å². The Kier molecular flexibility index (Phi) is 2.02. The first-order valence-corrected chi connectivity index (χ1v) is 4.96. The number of nitrogens with zero attached hydrogens (tertiary/aromatic N) is 1. The van der Waals surface area contributed by atoms with Gasteiger partial charge in [0, 0.05) is 16.1 Å². The molecule has 12 heavy (non-hydrogen) atoms. The highest BCUT2D eigenvalue weighted by Gasteiger charge is 2.03. The molecule has 1 heterocycles. The summed E-state index contributed by atoms with van der Waals surface area (Å²) in [5.41, 5.74) is 0. The third kappa shape index (κ3) is 1.21. The second-order valence-electron chi connectivity index (χ2n) is 2.35. The zero-order valence-electron chi connectivity index (χ0n) is 6.37. The molecule has 4 heteroatoms. The topological polar surface area (TPSA) is 22.1 Å². The molecule has 0 N–H and O–H groups in total. The molecule has 2 aromatic rings. The number of benzene rings is 1. The van der Waals surface area contributed by atoms with E-state index >= 15 is 0 Å². The van der Waals surface area contributed by atoms with Gasteiger partial charge in [-0.3, -0.25) is 0 Å². The Morgan fingerprint density at radius 3 is 3.08 bits per heavy atom. The van der Waals surface area contributed by atoms with Crippen LogP contribution in [-0.4, -0.2) is 11.5 Å². The van der Waals surface area contributed by atoms with Crippen LogP contribution in [0, 0.1) is 0 Å². The van der Waals surface area contributed by atoms with Gasteiger partial charge >= 0.3 is 0 Å². The van der Waals surface area contributed by atoms with Gasteiger partial charge in [0.2, 0.25) is 0 Å². The first-order valence-electron chi connectivity index (χ1n) is 3.39. The van der Waals surface area contributed by atoms with Crippen LogP contribution >= 0.6 is 27.5 Å². The number of halogens is 1. The quantitative estimate of drug-likeness (QED) is 0.769. The molecular weight excluding hydrogens is 238 g/mol. The molecule has 0 aliphatic heterocycles. The Labute approximate surface area is 82.5 Å². The Bertz CT molecular complexity index is 412. The van der Waals surface area contributed by atoms with Gasteiger partial charge in [-0.15, -0.1) is 0 Å². The third-order valence-corrected chi connectivity index (χ3v) is 3.35. The lowest BCUT2D eigenvalue weighted by Crippen LogP contribution is -1.81. The summed E-state index contributed by atoms with van der Waals surface area (Å²) in [6, 6.07) is 3.92. The van der Waals surface area contributed by atoms with Crippen molar-refractivity contribution in [1.82, 2.24) is 4.37 Å². The van der Waals surface area contributed by atoms with Crippen molar-refractivity contribution in [1.29, 1.82) is 0 Å². The molecule has 0 fully saturated rings. The lowest BCUT2D eigenvalue weighted by molar-refractivity contribution is 0.415. The number of rotatable bonds is 1. The SMILES string of the molecule is COc1cc(Br)c2sncc2c1. The minimum Gasteiger partial charge on any atom is -0.497 e. The van der Waals surface area contributed by atoms with E-state index in [-0.39, 0.29) is 0 Å². The first-order chi connectivity index (χ1) is 5.81. The summed E-state index contributed by atoms with van der Waals surface area (Å²) in [4.78, 5) is 0. The van der Waals surface area contributed by atoms with Gasteiger partial charge in [0.15, 0.2) is 0 Å². The van der Waals surface area contributed by atoms with E-state index in [1.807, 2.05) is 18.3 Å². The van der Waals surface area contributed by atoms with Crippen molar-refractivity contribution in [3.8, 4) is 5.75 Å². The molecule has 1 aromatic heterocycles. The smallest absolute Gasteiger partial charge is 0.120 e. The van der Waals surface area contributed by atoms with Crippen molar-refractivity contribution in [2.24, 2.45) is 0 Å². The number of fused-ring (bicyclic) bond motifs is 1.